The van der Waals surface area contributed by atoms with Crippen molar-refractivity contribution in [2.75, 3.05) is 52.1 Å². The summed E-state index contributed by atoms with van der Waals surface area (Å²) in [6.07, 6.45) is 1.20. The van der Waals surface area contributed by atoms with Gasteiger partial charge in [0.2, 0.25) is 0 Å². The SMILES string of the molecule is CCCN(CCNc1cccc(Cl)c1)CCN(C)C. The van der Waals surface area contributed by atoms with Gasteiger partial charge in [-0.25, -0.2) is 0 Å². The van der Waals surface area contributed by atoms with Crippen molar-refractivity contribution in [1.29, 1.82) is 0 Å². The van der Waals surface area contributed by atoms with Crippen molar-refractivity contribution in [2.24, 2.45) is 0 Å². The fourth-order valence-corrected chi connectivity index (χ4v) is 2.14. The van der Waals surface area contributed by atoms with Gasteiger partial charge >= 0.3 is 0 Å². The van der Waals surface area contributed by atoms with Crippen molar-refractivity contribution in [2.45, 2.75) is 13.3 Å². The molecule has 0 amide bonds. The maximum Gasteiger partial charge on any atom is 0.0426 e. The Bertz CT molecular complexity index is 355. The molecule has 0 spiro atoms. The van der Waals surface area contributed by atoms with Gasteiger partial charge in [-0.15, -0.1) is 0 Å². The lowest BCUT2D eigenvalue weighted by Gasteiger charge is -2.23. The Labute approximate surface area is 122 Å². The van der Waals surface area contributed by atoms with Crippen molar-refractivity contribution in [3.8, 4) is 0 Å². The molecule has 19 heavy (non-hydrogen) atoms. The zero-order chi connectivity index (χ0) is 14.1. The summed E-state index contributed by atoms with van der Waals surface area (Å²) in [5.41, 5.74) is 1.09. The molecule has 1 aromatic rings. The Morgan fingerprint density at radius 2 is 1.89 bits per heavy atom. The summed E-state index contributed by atoms with van der Waals surface area (Å²) in [6.45, 7) is 7.63. The Morgan fingerprint density at radius 3 is 2.53 bits per heavy atom. The summed E-state index contributed by atoms with van der Waals surface area (Å²) in [5, 5.41) is 4.20. The summed E-state index contributed by atoms with van der Waals surface area (Å²) in [7, 11) is 4.24. The first-order chi connectivity index (χ1) is 9.11. The molecule has 1 aromatic carbocycles. The van der Waals surface area contributed by atoms with Crippen LogP contribution in [0.3, 0.4) is 0 Å². The van der Waals surface area contributed by atoms with Crippen LogP contribution in [0, 0.1) is 0 Å². The van der Waals surface area contributed by atoms with Gasteiger partial charge < -0.3 is 15.1 Å². The van der Waals surface area contributed by atoms with E-state index in [-0.39, 0.29) is 0 Å². The number of hydrogen-bond acceptors (Lipinski definition) is 3. The number of anilines is 1. The van der Waals surface area contributed by atoms with Crippen LogP contribution < -0.4 is 5.32 Å². The third kappa shape index (κ3) is 7.41. The standard InChI is InChI=1S/C15H26ClN3/c1-4-9-19(12-11-18(2)3)10-8-17-15-7-5-6-14(16)13-15/h5-7,13,17H,4,8-12H2,1-3H3. The molecule has 3 nitrogen and oxygen atoms in total. The maximum atomic E-state index is 5.96. The molecule has 0 aromatic heterocycles. The van der Waals surface area contributed by atoms with E-state index in [4.69, 9.17) is 11.6 Å². The topological polar surface area (TPSA) is 18.5 Å². The minimum atomic E-state index is 0.781. The number of hydrogen-bond donors (Lipinski definition) is 1. The number of benzene rings is 1. The monoisotopic (exact) mass is 283 g/mol. The van der Waals surface area contributed by atoms with Crippen LogP contribution in [0.5, 0.6) is 0 Å². The van der Waals surface area contributed by atoms with Crippen LogP contribution in [0.4, 0.5) is 5.69 Å². The fraction of sp³-hybridized carbons (Fsp3) is 0.600. The Hall–Kier alpha value is -0.770. The Kier molecular flexibility index (Phi) is 7.87. The lowest BCUT2D eigenvalue weighted by molar-refractivity contribution is 0.248. The number of nitrogens with zero attached hydrogens (tertiary/aromatic N) is 2. The van der Waals surface area contributed by atoms with E-state index in [0.717, 1.165) is 43.4 Å². The van der Waals surface area contributed by atoms with E-state index in [1.807, 2.05) is 18.2 Å². The second-order valence-electron chi connectivity index (χ2n) is 5.08. The van der Waals surface area contributed by atoms with Crippen LogP contribution >= 0.6 is 11.6 Å². The van der Waals surface area contributed by atoms with E-state index in [1.165, 1.54) is 6.42 Å². The molecule has 108 valence electrons. The summed E-state index contributed by atoms with van der Waals surface area (Å²) >= 11 is 5.96. The van der Waals surface area contributed by atoms with Crippen molar-refractivity contribution in [3.63, 3.8) is 0 Å². The van der Waals surface area contributed by atoms with E-state index >= 15 is 0 Å². The zero-order valence-corrected chi connectivity index (χ0v) is 13.1. The molecule has 0 aliphatic rings. The third-order valence-corrected chi connectivity index (χ3v) is 3.22. The van der Waals surface area contributed by atoms with Gasteiger partial charge in [0, 0.05) is 36.9 Å². The third-order valence-electron chi connectivity index (χ3n) is 2.99. The van der Waals surface area contributed by atoms with Crippen LogP contribution in [0.2, 0.25) is 5.02 Å². The Balaban J connectivity index is 2.31. The maximum absolute atomic E-state index is 5.96. The highest BCUT2D eigenvalue weighted by Gasteiger charge is 2.04. The first-order valence-electron chi connectivity index (χ1n) is 6.98. The Morgan fingerprint density at radius 1 is 1.11 bits per heavy atom. The van der Waals surface area contributed by atoms with Crippen LogP contribution in [0.1, 0.15) is 13.3 Å². The number of likely N-dealkylation sites (N-methyl/N-ethyl adjacent to an activating group) is 1. The van der Waals surface area contributed by atoms with Crippen molar-refractivity contribution < 1.29 is 0 Å². The average Bonchev–Trinajstić information content (AvgIpc) is 2.36. The molecule has 0 saturated carbocycles. The molecule has 0 aliphatic heterocycles. The highest BCUT2D eigenvalue weighted by atomic mass is 35.5. The quantitative estimate of drug-likeness (QED) is 0.752. The molecule has 0 saturated heterocycles. The van der Waals surface area contributed by atoms with Gasteiger partial charge in [0.25, 0.3) is 0 Å². The highest BCUT2D eigenvalue weighted by Crippen LogP contribution is 2.14. The molecule has 1 rings (SSSR count). The second kappa shape index (κ2) is 9.18. The molecule has 4 heteroatoms. The molecular formula is C15H26ClN3. The van der Waals surface area contributed by atoms with Crippen LogP contribution in [-0.4, -0.2) is 56.6 Å². The largest absolute Gasteiger partial charge is 0.384 e. The molecule has 0 bridgehead atoms. The zero-order valence-electron chi connectivity index (χ0n) is 12.3. The summed E-state index contributed by atoms with van der Waals surface area (Å²) in [6, 6.07) is 7.88. The van der Waals surface area contributed by atoms with E-state index in [0.29, 0.717) is 0 Å². The van der Waals surface area contributed by atoms with Gasteiger partial charge in [-0.2, -0.15) is 0 Å². The van der Waals surface area contributed by atoms with E-state index in [2.05, 4.69) is 42.2 Å². The second-order valence-corrected chi connectivity index (χ2v) is 5.52. The molecular weight excluding hydrogens is 258 g/mol. The molecule has 0 aliphatic carbocycles. The average molecular weight is 284 g/mol. The van der Waals surface area contributed by atoms with Crippen LogP contribution in [0.15, 0.2) is 24.3 Å². The van der Waals surface area contributed by atoms with Crippen LogP contribution in [0.25, 0.3) is 0 Å². The first kappa shape index (κ1) is 16.3. The van der Waals surface area contributed by atoms with E-state index in [9.17, 15) is 0 Å². The minimum Gasteiger partial charge on any atom is -0.384 e. The lowest BCUT2D eigenvalue weighted by atomic mass is 10.3. The van der Waals surface area contributed by atoms with Gasteiger partial charge in [-0.05, 0) is 45.3 Å². The number of nitrogens with one attached hydrogen (secondary N) is 1. The minimum absolute atomic E-state index is 0.781. The summed E-state index contributed by atoms with van der Waals surface area (Å²) in [4.78, 5) is 4.73. The molecule has 0 radical (unpaired) electrons. The molecule has 0 atom stereocenters. The fourth-order valence-electron chi connectivity index (χ4n) is 1.95. The van der Waals surface area contributed by atoms with Gasteiger partial charge in [0.05, 0.1) is 0 Å². The molecule has 0 fully saturated rings. The van der Waals surface area contributed by atoms with E-state index in [1.54, 1.807) is 0 Å². The highest BCUT2D eigenvalue weighted by molar-refractivity contribution is 6.30. The number of rotatable bonds is 9. The van der Waals surface area contributed by atoms with Gasteiger partial charge in [0.15, 0.2) is 0 Å². The molecule has 0 heterocycles. The summed E-state index contributed by atoms with van der Waals surface area (Å²) in [5.74, 6) is 0. The molecule has 1 N–H and O–H groups in total. The first-order valence-corrected chi connectivity index (χ1v) is 7.36. The molecule has 0 unspecified atom stereocenters. The van der Waals surface area contributed by atoms with Gasteiger partial charge in [0.1, 0.15) is 0 Å². The van der Waals surface area contributed by atoms with Crippen molar-refractivity contribution in [1.82, 2.24) is 9.80 Å². The van der Waals surface area contributed by atoms with Gasteiger partial charge in [-0.3, -0.25) is 0 Å². The number of halogens is 1. The van der Waals surface area contributed by atoms with Crippen molar-refractivity contribution >= 4 is 17.3 Å². The summed E-state index contributed by atoms with van der Waals surface area (Å²) < 4.78 is 0. The smallest absolute Gasteiger partial charge is 0.0426 e. The van der Waals surface area contributed by atoms with Crippen molar-refractivity contribution in [3.05, 3.63) is 29.3 Å². The van der Waals surface area contributed by atoms with Gasteiger partial charge in [-0.1, -0.05) is 24.6 Å². The predicted molar refractivity (Wildman–Crippen MR) is 85.2 cm³/mol. The predicted octanol–water partition coefficient (Wildman–Crippen LogP) is 3.03. The lowest BCUT2D eigenvalue weighted by Crippen LogP contribution is -2.35. The van der Waals surface area contributed by atoms with Crippen LogP contribution in [-0.2, 0) is 0 Å². The normalized spacial score (nSPS) is 11.3. The van der Waals surface area contributed by atoms with E-state index < -0.39 is 0 Å².